The normalized spacial score (nSPS) is 12.5. The maximum Gasteiger partial charge on any atom is 0.123 e. The fraction of sp³-hybridized carbons (Fsp3) is 0.912. The molecule has 0 aliphatic heterocycles. The minimum Gasteiger partial charge on any atom is -0.303 e. The summed E-state index contributed by atoms with van der Waals surface area (Å²) < 4.78 is 0. The maximum absolute atomic E-state index is 11.4. The maximum atomic E-state index is 11.4. The van der Waals surface area contributed by atoms with Crippen molar-refractivity contribution in [1.29, 1.82) is 0 Å². The zero-order valence-corrected chi connectivity index (χ0v) is 24.5. The van der Waals surface area contributed by atoms with Crippen LogP contribution < -0.4 is 0 Å². The lowest BCUT2D eigenvalue weighted by Gasteiger charge is -2.10. The third kappa shape index (κ3) is 29.5. The average molecular weight is 491 g/mol. The van der Waals surface area contributed by atoms with Gasteiger partial charge >= 0.3 is 0 Å². The van der Waals surface area contributed by atoms with Crippen LogP contribution in [-0.2, 0) is 4.79 Å². The van der Waals surface area contributed by atoms with Gasteiger partial charge in [0, 0.05) is 5.92 Å². The Labute approximate surface area is 222 Å². The van der Waals surface area contributed by atoms with Crippen molar-refractivity contribution >= 4 is 6.29 Å². The van der Waals surface area contributed by atoms with Crippen molar-refractivity contribution < 1.29 is 4.79 Å². The number of carbonyl (C=O) groups excluding carboxylic acids is 1. The third-order valence-corrected chi connectivity index (χ3v) is 7.71. The molecule has 0 aromatic rings. The van der Waals surface area contributed by atoms with E-state index < -0.39 is 0 Å². The van der Waals surface area contributed by atoms with Crippen molar-refractivity contribution in [2.24, 2.45) is 5.92 Å². The van der Waals surface area contributed by atoms with Gasteiger partial charge in [-0.3, -0.25) is 0 Å². The smallest absolute Gasteiger partial charge is 0.123 e. The van der Waals surface area contributed by atoms with Crippen LogP contribution in [0.1, 0.15) is 194 Å². The van der Waals surface area contributed by atoms with Crippen LogP contribution in [0.15, 0.2) is 12.2 Å². The predicted octanol–water partition coefficient (Wildman–Crippen LogP) is 12.3. The number of hydrogen-bond donors (Lipinski definition) is 0. The van der Waals surface area contributed by atoms with E-state index >= 15 is 0 Å². The molecule has 0 amide bonds. The monoisotopic (exact) mass is 491 g/mol. The highest BCUT2D eigenvalue weighted by Gasteiger charge is 2.06. The highest BCUT2D eigenvalue weighted by atomic mass is 16.1. The quantitative estimate of drug-likeness (QED) is 0.0555. The van der Waals surface area contributed by atoms with Gasteiger partial charge in [-0.1, -0.05) is 167 Å². The number of hydrogen-bond acceptors (Lipinski definition) is 1. The first kappa shape index (κ1) is 34.4. The van der Waals surface area contributed by atoms with Gasteiger partial charge < -0.3 is 4.79 Å². The Morgan fingerprint density at radius 3 is 1.00 bits per heavy atom. The van der Waals surface area contributed by atoms with Crippen molar-refractivity contribution in [3.8, 4) is 0 Å². The number of aldehydes is 1. The summed E-state index contributed by atoms with van der Waals surface area (Å²) in [5, 5.41) is 0. The summed E-state index contributed by atoms with van der Waals surface area (Å²) in [4.78, 5) is 11.4. The largest absolute Gasteiger partial charge is 0.303 e. The second kappa shape index (κ2) is 31.4. The molecule has 0 N–H and O–H groups in total. The van der Waals surface area contributed by atoms with Crippen LogP contribution in [0.25, 0.3) is 0 Å². The van der Waals surface area contributed by atoms with E-state index in [2.05, 4.69) is 26.0 Å². The Bertz CT molecular complexity index is 413. The van der Waals surface area contributed by atoms with Gasteiger partial charge in [0.25, 0.3) is 0 Å². The van der Waals surface area contributed by atoms with Gasteiger partial charge in [-0.15, -0.1) is 0 Å². The van der Waals surface area contributed by atoms with Crippen molar-refractivity contribution in [3.05, 3.63) is 12.2 Å². The molecule has 0 radical (unpaired) electrons. The topological polar surface area (TPSA) is 17.1 Å². The second-order valence-corrected chi connectivity index (χ2v) is 11.3. The first-order chi connectivity index (χ1) is 17.3. The van der Waals surface area contributed by atoms with E-state index in [0.29, 0.717) is 5.92 Å². The van der Waals surface area contributed by atoms with E-state index in [9.17, 15) is 4.79 Å². The van der Waals surface area contributed by atoms with E-state index in [1.807, 2.05) is 0 Å². The van der Waals surface area contributed by atoms with Gasteiger partial charge in [-0.25, -0.2) is 0 Å². The summed E-state index contributed by atoms with van der Waals surface area (Å²) in [6.45, 7) is 4.57. The van der Waals surface area contributed by atoms with E-state index in [1.165, 1.54) is 173 Å². The van der Waals surface area contributed by atoms with Crippen molar-refractivity contribution in [2.75, 3.05) is 0 Å². The Morgan fingerprint density at radius 1 is 0.400 bits per heavy atom. The fourth-order valence-corrected chi connectivity index (χ4v) is 5.18. The summed E-state index contributed by atoms with van der Waals surface area (Å²) in [5.41, 5.74) is 0. The fourth-order valence-electron chi connectivity index (χ4n) is 5.18. The van der Waals surface area contributed by atoms with E-state index in [4.69, 9.17) is 0 Å². The molecule has 1 unspecified atom stereocenters. The molecule has 0 bridgehead atoms. The van der Waals surface area contributed by atoms with Gasteiger partial charge in [0.15, 0.2) is 0 Å². The molecule has 0 aliphatic carbocycles. The van der Waals surface area contributed by atoms with Gasteiger partial charge in [0.1, 0.15) is 6.29 Å². The molecule has 1 nitrogen and oxygen atoms in total. The highest BCUT2D eigenvalue weighted by molar-refractivity contribution is 5.53. The highest BCUT2D eigenvalue weighted by Crippen LogP contribution is 2.18. The minimum atomic E-state index is 0.324. The van der Waals surface area contributed by atoms with Crippen LogP contribution >= 0.6 is 0 Å². The molecule has 0 aromatic heterocycles. The van der Waals surface area contributed by atoms with E-state index in [1.54, 1.807) is 0 Å². The lowest BCUT2D eigenvalue weighted by molar-refractivity contribution is -0.111. The molecular formula is C34H66O. The first-order valence-electron chi connectivity index (χ1n) is 16.4. The lowest BCUT2D eigenvalue weighted by atomic mass is 9.95. The standard InChI is InChI=1S/C34H66O/c1-3-5-7-9-11-13-15-17-19-21-23-25-27-29-31-34(33-35)32-30-28-26-24-22-20-18-16-14-12-10-8-6-4-2/h17,19,33-34H,3-16,18,20-32H2,1-2H3/b19-17+. The zero-order valence-electron chi connectivity index (χ0n) is 24.5. The van der Waals surface area contributed by atoms with Crippen LogP contribution in [0, 0.1) is 5.92 Å². The molecule has 0 aliphatic rings. The van der Waals surface area contributed by atoms with Gasteiger partial charge in [-0.2, -0.15) is 0 Å². The van der Waals surface area contributed by atoms with Crippen molar-refractivity contribution in [3.63, 3.8) is 0 Å². The molecule has 0 saturated heterocycles. The third-order valence-electron chi connectivity index (χ3n) is 7.71. The number of unbranched alkanes of at least 4 members (excludes halogenated alkanes) is 23. The molecule has 1 atom stereocenters. The summed E-state index contributed by atoms with van der Waals surface area (Å²) in [7, 11) is 0. The van der Waals surface area contributed by atoms with Gasteiger partial charge in [-0.05, 0) is 38.5 Å². The predicted molar refractivity (Wildman–Crippen MR) is 159 cm³/mol. The van der Waals surface area contributed by atoms with Gasteiger partial charge in [0.05, 0.1) is 0 Å². The number of rotatable bonds is 30. The molecule has 1 heteroatoms. The molecular weight excluding hydrogens is 424 g/mol. The lowest BCUT2D eigenvalue weighted by Crippen LogP contribution is -2.02. The molecule has 35 heavy (non-hydrogen) atoms. The summed E-state index contributed by atoms with van der Waals surface area (Å²) in [6, 6.07) is 0. The zero-order chi connectivity index (χ0) is 25.5. The molecule has 0 spiro atoms. The van der Waals surface area contributed by atoms with Crippen molar-refractivity contribution in [2.45, 2.75) is 194 Å². The van der Waals surface area contributed by atoms with E-state index in [0.717, 1.165) is 12.8 Å². The SMILES string of the molecule is CCCCCCCC/C=C/CCCCCCC(C=O)CCCCCCCCCCCCCCCC. The molecule has 208 valence electrons. The summed E-state index contributed by atoms with van der Waals surface area (Å²) >= 11 is 0. The van der Waals surface area contributed by atoms with Gasteiger partial charge in [0.2, 0.25) is 0 Å². The van der Waals surface area contributed by atoms with Crippen LogP contribution in [0.4, 0.5) is 0 Å². The van der Waals surface area contributed by atoms with Crippen LogP contribution in [0.5, 0.6) is 0 Å². The van der Waals surface area contributed by atoms with Crippen LogP contribution in [0.2, 0.25) is 0 Å². The molecule has 0 heterocycles. The summed E-state index contributed by atoms with van der Waals surface area (Å²) in [6.07, 6.45) is 44.0. The first-order valence-corrected chi connectivity index (χ1v) is 16.4. The van der Waals surface area contributed by atoms with E-state index in [-0.39, 0.29) is 0 Å². The average Bonchev–Trinajstić information content (AvgIpc) is 2.87. The number of allylic oxidation sites excluding steroid dienone is 2. The Morgan fingerprint density at radius 2 is 0.686 bits per heavy atom. The molecule has 0 saturated carbocycles. The van der Waals surface area contributed by atoms with Crippen LogP contribution in [-0.4, -0.2) is 6.29 Å². The molecule has 0 rings (SSSR count). The van der Waals surface area contributed by atoms with Crippen molar-refractivity contribution in [1.82, 2.24) is 0 Å². The van der Waals surface area contributed by atoms with Crippen LogP contribution in [0.3, 0.4) is 0 Å². The number of carbonyl (C=O) groups is 1. The summed E-state index contributed by atoms with van der Waals surface area (Å²) in [5.74, 6) is 0.324. The Kier molecular flexibility index (Phi) is 30.9. The minimum absolute atomic E-state index is 0.324. The molecule has 0 fully saturated rings. The second-order valence-electron chi connectivity index (χ2n) is 11.3. The Balaban J connectivity index is 3.32. The molecule has 0 aromatic carbocycles. The Hall–Kier alpha value is -0.590.